The highest BCUT2D eigenvalue weighted by atomic mass is 16.4. The summed E-state index contributed by atoms with van der Waals surface area (Å²) in [5, 5.41) is 17.8. The van der Waals surface area contributed by atoms with E-state index in [2.05, 4.69) is 0 Å². The maximum atomic E-state index is 11.1. The van der Waals surface area contributed by atoms with Gasteiger partial charge in [0.05, 0.1) is 5.56 Å². The highest BCUT2D eigenvalue weighted by molar-refractivity contribution is 5.89. The zero-order chi connectivity index (χ0) is 15.3. The van der Waals surface area contributed by atoms with Crippen LogP contribution in [0.5, 0.6) is 0 Å². The fourth-order valence-corrected chi connectivity index (χ4v) is 2.61. The van der Waals surface area contributed by atoms with Gasteiger partial charge in [-0.1, -0.05) is 63.1 Å². The molecule has 0 radical (unpaired) electrons. The molecule has 0 aliphatic heterocycles. The number of carboxylic acid groups (broad SMARTS) is 1. The summed E-state index contributed by atoms with van der Waals surface area (Å²) in [7, 11) is 0. The van der Waals surface area contributed by atoms with E-state index >= 15 is 0 Å². The molecule has 3 heteroatoms. The van der Waals surface area contributed by atoms with Gasteiger partial charge in [0, 0.05) is 6.61 Å². The highest BCUT2D eigenvalue weighted by Crippen LogP contribution is 2.14. The van der Waals surface area contributed by atoms with Gasteiger partial charge in [-0.25, -0.2) is 4.79 Å². The van der Waals surface area contributed by atoms with Crippen molar-refractivity contribution in [3.8, 4) is 0 Å². The number of benzene rings is 1. The molecule has 0 amide bonds. The van der Waals surface area contributed by atoms with Crippen LogP contribution in [0.15, 0.2) is 24.3 Å². The predicted molar refractivity (Wildman–Crippen MR) is 85.7 cm³/mol. The van der Waals surface area contributed by atoms with Crippen LogP contribution in [0.4, 0.5) is 0 Å². The number of carboxylic acids is 1. The average Bonchev–Trinajstić information content (AvgIpc) is 2.49. The Balaban J connectivity index is 2.06. The molecule has 0 aromatic heterocycles. The minimum absolute atomic E-state index is 0.317. The monoisotopic (exact) mass is 292 g/mol. The maximum absolute atomic E-state index is 11.1. The van der Waals surface area contributed by atoms with Crippen LogP contribution < -0.4 is 0 Å². The van der Waals surface area contributed by atoms with E-state index < -0.39 is 5.97 Å². The van der Waals surface area contributed by atoms with Gasteiger partial charge in [-0.3, -0.25) is 0 Å². The van der Waals surface area contributed by atoms with Crippen molar-refractivity contribution in [3.05, 3.63) is 35.4 Å². The molecule has 0 aliphatic rings. The third kappa shape index (κ3) is 7.86. The van der Waals surface area contributed by atoms with Crippen molar-refractivity contribution in [1.82, 2.24) is 0 Å². The van der Waals surface area contributed by atoms with Crippen molar-refractivity contribution >= 4 is 5.97 Å². The molecule has 21 heavy (non-hydrogen) atoms. The fraction of sp³-hybridized carbons (Fsp3) is 0.611. The molecule has 0 unspecified atom stereocenters. The molecular formula is C18H28O3. The Morgan fingerprint density at radius 3 is 1.90 bits per heavy atom. The van der Waals surface area contributed by atoms with Crippen LogP contribution in [-0.2, 0) is 6.42 Å². The van der Waals surface area contributed by atoms with Crippen molar-refractivity contribution in [2.75, 3.05) is 6.61 Å². The molecular weight excluding hydrogens is 264 g/mol. The van der Waals surface area contributed by atoms with E-state index in [0.717, 1.165) is 31.2 Å². The number of aromatic carboxylic acids is 1. The molecule has 0 aliphatic carbocycles. The van der Waals surface area contributed by atoms with E-state index in [1.165, 1.54) is 38.5 Å². The molecule has 118 valence electrons. The van der Waals surface area contributed by atoms with Crippen molar-refractivity contribution in [2.24, 2.45) is 0 Å². The van der Waals surface area contributed by atoms with Gasteiger partial charge in [0.1, 0.15) is 0 Å². The summed E-state index contributed by atoms with van der Waals surface area (Å²) in [5.74, 6) is -0.825. The molecule has 0 bridgehead atoms. The Morgan fingerprint density at radius 2 is 1.33 bits per heavy atom. The van der Waals surface area contributed by atoms with Gasteiger partial charge in [-0.15, -0.1) is 0 Å². The summed E-state index contributed by atoms with van der Waals surface area (Å²) >= 11 is 0. The molecule has 1 rings (SSSR count). The summed E-state index contributed by atoms with van der Waals surface area (Å²) in [6, 6.07) is 7.30. The molecule has 0 spiro atoms. The molecule has 0 fully saturated rings. The highest BCUT2D eigenvalue weighted by Gasteiger charge is 2.07. The molecule has 2 N–H and O–H groups in total. The number of hydrogen-bond donors (Lipinski definition) is 2. The second-order valence-electron chi connectivity index (χ2n) is 5.62. The minimum Gasteiger partial charge on any atom is -0.478 e. The molecule has 0 atom stereocenters. The number of aliphatic hydroxyl groups is 1. The van der Waals surface area contributed by atoms with Crippen LogP contribution in [0, 0.1) is 0 Å². The molecule has 0 saturated carbocycles. The van der Waals surface area contributed by atoms with Crippen LogP contribution in [0.2, 0.25) is 0 Å². The smallest absolute Gasteiger partial charge is 0.335 e. The first-order valence-corrected chi connectivity index (χ1v) is 8.17. The van der Waals surface area contributed by atoms with Gasteiger partial charge in [0.25, 0.3) is 0 Å². The van der Waals surface area contributed by atoms with E-state index in [1.54, 1.807) is 12.1 Å². The maximum Gasteiger partial charge on any atom is 0.335 e. The normalized spacial score (nSPS) is 10.7. The standard InChI is InChI=1S/C18H28O3/c19-15-11-7-5-3-1-2-4-6-8-12-16-13-9-10-14-17(16)18(20)21/h9-10,13-14,19H,1-8,11-12,15H2,(H,20,21). The second-order valence-corrected chi connectivity index (χ2v) is 5.62. The first kappa shape index (κ1) is 17.7. The van der Waals surface area contributed by atoms with Crippen LogP contribution >= 0.6 is 0 Å². The van der Waals surface area contributed by atoms with E-state index in [4.69, 9.17) is 10.2 Å². The van der Waals surface area contributed by atoms with E-state index in [-0.39, 0.29) is 0 Å². The van der Waals surface area contributed by atoms with Crippen molar-refractivity contribution < 1.29 is 15.0 Å². The Morgan fingerprint density at radius 1 is 0.810 bits per heavy atom. The number of carbonyl (C=O) groups is 1. The molecule has 3 nitrogen and oxygen atoms in total. The van der Waals surface area contributed by atoms with Gasteiger partial charge >= 0.3 is 5.97 Å². The van der Waals surface area contributed by atoms with Crippen molar-refractivity contribution in [2.45, 2.75) is 64.2 Å². The van der Waals surface area contributed by atoms with E-state index in [9.17, 15) is 4.79 Å². The molecule has 0 saturated heterocycles. The Hall–Kier alpha value is -1.35. The predicted octanol–water partition coefficient (Wildman–Crippen LogP) is 4.43. The third-order valence-electron chi connectivity index (χ3n) is 3.85. The first-order chi connectivity index (χ1) is 10.3. The number of hydrogen-bond acceptors (Lipinski definition) is 2. The third-order valence-corrected chi connectivity index (χ3v) is 3.85. The summed E-state index contributed by atoms with van der Waals surface area (Å²) in [6.07, 6.45) is 11.4. The van der Waals surface area contributed by atoms with Gasteiger partial charge in [0.15, 0.2) is 0 Å². The largest absolute Gasteiger partial charge is 0.478 e. The average molecular weight is 292 g/mol. The molecule has 1 aromatic rings. The summed E-state index contributed by atoms with van der Waals surface area (Å²) in [5.41, 5.74) is 1.40. The lowest BCUT2D eigenvalue weighted by molar-refractivity contribution is 0.0695. The minimum atomic E-state index is -0.825. The van der Waals surface area contributed by atoms with E-state index in [0.29, 0.717) is 12.2 Å². The van der Waals surface area contributed by atoms with Gasteiger partial charge in [-0.2, -0.15) is 0 Å². The van der Waals surface area contributed by atoms with Gasteiger partial charge in [-0.05, 0) is 30.9 Å². The lowest BCUT2D eigenvalue weighted by Crippen LogP contribution is -2.02. The number of aliphatic hydroxyl groups excluding tert-OH is 1. The quantitative estimate of drug-likeness (QED) is 0.560. The number of rotatable bonds is 12. The Kier molecular flexibility index (Phi) is 9.55. The van der Waals surface area contributed by atoms with Crippen molar-refractivity contribution in [3.63, 3.8) is 0 Å². The SMILES string of the molecule is O=C(O)c1ccccc1CCCCCCCCCCCO. The summed E-state index contributed by atoms with van der Waals surface area (Å²) in [4.78, 5) is 11.1. The number of aryl methyl sites for hydroxylation is 1. The van der Waals surface area contributed by atoms with Crippen LogP contribution in [0.3, 0.4) is 0 Å². The Bertz CT molecular complexity index is 401. The molecule has 0 heterocycles. The lowest BCUT2D eigenvalue weighted by Gasteiger charge is -2.06. The zero-order valence-electron chi connectivity index (χ0n) is 12.9. The number of unbranched alkanes of at least 4 members (excludes halogenated alkanes) is 8. The van der Waals surface area contributed by atoms with Crippen LogP contribution in [0.1, 0.15) is 73.7 Å². The second kappa shape index (κ2) is 11.3. The van der Waals surface area contributed by atoms with Crippen LogP contribution in [0.25, 0.3) is 0 Å². The van der Waals surface area contributed by atoms with Gasteiger partial charge < -0.3 is 10.2 Å². The van der Waals surface area contributed by atoms with Crippen molar-refractivity contribution in [1.29, 1.82) is 0 Å². The topological polar surface area (TPSA) is 57.5 Å². The zero-order valence-corrected chi connectivity index (χ0v) is 12.9. The summed E-state index contributed by atoms with van der Waals surface area (Å²) < 4.78 is 0. The van der Waals surface area contributed by atoms with Gasteiger partial charge in [0.2, 0.25) is 0 Å². The first-order valence-electron chi connectivity index (χ1n) is 8.17. The van der Waals surface area contributed by atoms with Crippen LogP contribution in [-0.4, -0.2) is 22.8 Å². The van der Waals surface area contributed by atoms with E-state index in [1.807, 2.05) is 12.1 Å². The molecule has 1 aromatic carbocycles. The summed E-state index contributed by atoms with van der Waals surface area (Å²) in [6.45, 7) is 0.317. The Labute approximate surface area is 128 Å². The lowest BCUT2D eigenvalue weighted by atomic mass is 10.00. The fourth-order valence-electron chi connectivity index (χ4n) is 2.61.